The maximum absolute atomic E-state index is 13.6. The Bertz CT molecular complexity index is 1560. The van der Waals surface area contributed by atoms with E-state index in [1.807, 2.05) is 74.6 Å². The Kier molecular flexibility index (Phi) is 7.20. The van der Waals surface area contributed by atoms with Crippen LogP contribution in [0.15, 0.2) is 78.6 Å². The number of carbonyl (C=O) groups excluding carboxylic acids is 1. The number of aromatic nitrogens is 1. The van der Waals surface area contributed by atoms with Crippen LogP contribution in [0.25, 0.3) is 17.0 Å². The molecule has 194 valence electrons. The highest BCUT2D eigenvalue weighted by molar-refractivity contribution is 7.80. The number of likely N-dealkylation sites (N-methyl/N-ethyl adjacent to an activating group) is 1. The number of ether oxygens (including phenoxy) is 2. The molecule has 0 unspecified atom stereocenters. The Morgan fingerprint density at radius 3 is 2.45 bits per heavy atom. The molecule has 0 radical (unpaired) electrons. The van der Waals surface area contributed by atoms with Crippen LogP contribution in [0.3, 0.4) is 0 Å². The van der Waals surface area contributed by atoms with Crippen LogP contribution in [0.5, 0.6) is 11.5 Å². The largest absolute Gasteiger partial charge is 0.493 e. The smallest absolute Gasteiger partial charge is 0.281 e. The first-order chi connectivity index (χ1) is 18.4. The number of fused-ring (bicyclic) bond motifs is 1. The van der Waals surface area contributed by atoms with E-state index in [1.54, 1.807) is 16.9 Å². The number of carbonyl (C=O) groups is 1. The first-order valence-electron chi connectivity index (χ1n) is 12.6. The number of hydrogen-bond donors (Lipinski definition) is 0. The zero-order valence-corrected chi connectivity index (χ0v) is 22.9. The van der Waals surface area contributed by atoms with Crippen molar-refractivity contribution in [2.75, 3.05) is 25.7 Å². The molecule has 4 aromatic rings. The van der Waals surface area contributed by atoms with Gasteiger partial charge in [0.1, 0.15) is 5.70 Å². The van der Waals surface area contributed by atoms with E-state index >= 15 is 0 Å². The van der Waals surface area contributed by atoms with Gasteiger partial charge in [0.05, 0.1) is 19.4 Å². The molecule has 1 aliphatic rings. The molecule has 0 spiro atoms. The zero-order chi connectivity index (χ0) is 26.8. The number of para-hydroxylation sites is 3. The van der Waals surface area contributed by atoms with Crippen molar-refractivity contribution in [3.05, 3.63) is 95.3 Å². The lowest BCUT2D eigenvalue weighted by Gasteiger charge is -2.17. The van der Waals surface area contributed by atoms with Crippen LogP contribution in [0.4, 0.5) is 5.69 Å². The maximum Gasteiger partial charge on any atom is 0.281 e. The molecule has 5 rings (SSSR count). The molecule has 0 bridgehead atoms. The van der Waals surface area contributed by atoms with Gasteiger partial charge in [0, 0.05) is 36.3 Å². The molecule has 3 aromatic carbocycles. The van der Waals surface area contributed by atoms with Crippen molar-refractivity contribution < 1.29 is 14.3 Å². The fourth-order valence-electron chi connectivity index (χ4n) is 4.73. The molecule has 2 heterocycles. The molecule has 38 heavy (non-hydrogen) atoms. The minimum Gasteiger partial charge on any atom is -0.493 e. The van der Waals surface area contributed by atoms with Gasteiger partial charge < -0.3 is 18.9 Å². The van der Waals surface area contributed by atoms with Crippen molar-refractivity contribution in [2.24, 2.45) is 0 Å². The zero-order valence-electron chi connectivity index (χ0n) is 22.1. The van der Waals surface area contributed by atoms with E-state index in [0.29, 0.717) is 17.4 Å². The van der Waals surface area contributed by atoms with Gasteiger partial charge in [-0.3, -0.25) is 9.69 Å². The lowest BCUT2D eigenvalue weighted by molar-refractivity contribution is -0.114. The Labute approximate surface area is 228 Å². The normalized spacial score (nSPS) is 14.7. The maximum atomic E-state index is 13.6. The fraction of sp³-hybridized carbons (Fsp3) is 0.226. The van der Waals surface area contributed by atoms with Gasteiger partial charge in [-0.25, -0.2) is 0 Å². The number of methoxy groups -OCH3 is 1. The number of thiocarbonyl (C=S) groups is 1. The lowest BCUT2D eigenvalue weighted by atomic mass is 10.1. The van der Waals surface area contributed by atoms with Crippen molar-refractivity contribution in [1.29, 1.82) is 0 Å². The molecule has 0 atom stereocenters. The summed E-state index contributed by atoms with van der Waals surface area (Å²) in [5, 5.41) is 1.56. The molecule has 1 fully saturated rings. The summed E-state index contributed by atoms with van der Waals surface area (Å²) in [7, 11) is 3.49. The predicted molar refractivity (Wildman–Crippen MR) is 157 cm³/mol. The van der Waals surface area contributed by atoms with Crippen LogP contribution in [0.2, 0.25) is 0 Å². The summed E-state index contributed by atoms with van der Waals surface area (Å²) in [5.41, 5.74) is 5.73. The first-order valence-corrected chi connectivity index (χ1v) is 13.0. The SMILES string of the molecule is COc1ccccc1OCCCn1cc(/C=C2/C(=O)N(c3ccc(C)c(C)c3)C(=S)N2C)c2ccccc21. The molecule has 1 aliphatic heterocycles. The summed E-state index contributed by atoms with van der Waals surface area (Å²) in [6, 6.07) is 21.9. The van der Waals surface area contributed by atoms with Crippen molar-refractivity contribution in [1.82, 2.24) is 9.47 Å². The Balaban J connectivity index is 1.38. The average molecular weight is 526 g/mol. The highest BCUT2D eigenvalue weighted by atomic mass is 32.1. The third-order valence-electron chi connectivity index (χ3n) is 6.99. The summed E-state index contributed by atoms with van der Waals surface area (Å²) >= 11 is 5.68. The summed E-state index contributed by atoms with van der Waals surface area (Å²) in [6.45, 7) is 5.43. The van der Waals surface area contributed by atoms with Crippen LogP contribution in [0.1, 0.15) is 23.1 Å². The second-order valence-corrected chi connectivity index (χ2v) is 9.79. The lowest BCUT2D eigenvalue weighted by Crippen LogP contribution is -2.31. The fourth-order valence-corrected chi connectivity index (χ4v) is 5.01. The third kappa shape index (κ3) is 4.77. The van der Waals surface area contributed by atoms with Gasteiger partial charge in [-0.05, 0) is 80.0 Å². The number of benzene rings is 3. The molecule has 0 N–H and O–H groups in total. The van der Waals surface area contributed by atoms with E-state index in [-0.39, 0.29) is 5.91 Å². The number of amides is 1. The highest BCUT2D eigenvalue weighted by Gasteiger charge is 2.37. The Morgan fingerprint density at radius 1 is 0.947 bits per heavy atom. The predicted octanol–water partition coefficient (Wildman–Crippen LogP) is 6.34. The Morgan fingerprint density at radius 2 is 1.68 bits per heavy atom. The van der Waals surface area contributed by atoms with Crippen molar-refractivity contribution >= 4 is 45.9 Å². The van der Waals surface area contributed by atoms with Crippen LogP contribution >= 0.6 is 12.2 Å². The van der Waals surface area contributed by atoms with Gasteiger partial charge >= 0.3 is 0 Å². The second kappa shape index (κ2) is 10.7. The van der Waals surface area contributed by atoms with Crippen molar-refractivity contribution in [3.8, 4) is 11.5 Å². The van der Waals surface area contributed by atoms with Gasteiger partial charge in [-0.15, -0.1) is 0 Å². The molecular formula is C31H31N3O3S. The van der Waals surface area contributed by atoms with Crippen LogP contribution in [-0.4, -0.2) is 41.3 Å². The third-order valence-corrected chi connectivity index (χ3v) is 7.45. The molecule has 6 nitrogen and oxygen atoms in total. The monoisotopic (exact) mass is 525 g/mol. The highest BCUT2D eigenvalue weighted by Crippen LogP contribution is 2.31. The van der Waals surface area contributed by atoms with Gasteiger partial charge in [0.15, 0.2) is 16.6 Å². The summed E-state index contributed by atoms with van der Waals surface area (Å²) in [6.07, 6.45) is 4.86. The van der Waals surface area contributed by atoms with Gasteiger partial charge in [0.2, 0.25) is 0 Å². The molecule has 0 aliphatic carbocycles. The molecule has 1 saturated heterocycles. The van der Waals surface area contributed by atoms with E-state index < -0.39 is 0 Å². The second-order valence-electron chi connectivity index (χ2n) is 9.43. The first kappa shape index (κ1) is 25.5. The topological polar surface area (TPSA) is 46.9 Å². The number of anilines is 1. The summed E-state index contributed by atoms with van der Waals surface area (Å²) in [4.78, 5) is 17.0. The minimum atomic E-state index is -0.122. The number of rotatable bonds is 8. The summed E-state index contributed by atoms with van der Waals surface area (Å²) < 4.78 is 13.6. The molecule has 1 aromatic heterocycles. The quantitative estimate of drug-likeness (QED) is 0.153. The van der Waals surface area contributed by atoms with Crippen molar-refractivity contribution in [3.63, 3.8) is 0 Å². The standard InChI is InChI=1S/C31H31N3O3S/c1-21-14-15-24(18-22(21)2)34-30(35)27(32(3)31(34)38)19-23-20-33(26-11-6-5-10-25(23)26)16-9-17-37-29-13-8-7-12-28(29)36-4/h5-8,10-15,18-20H,9,16-17H2,1-4H3/b27-19-. The van der Waals surface area contributed by atoms with E-state index in [4.69, 9.17) is 21.7 Å². The van der Waals surface area contributed by atoms with Gasteiger partial charge in [-0.1, -0.05) is 36.4 Å². The Hall–Kier alpha value is -4.10. The van der Waals surface area contributed by atoms with Crippen LogP contribution < -0.4 is 14.4 Å². The summed E-state index contributed by atoms with van der Waals surface area (Å²) in [5.74, 6) is 1.35. The number of hydrogen-bond acceptors (Lipinski definition) is 4. The molecule has 7 heteroatoms. The van der Waals surface area contributed by atoms with E-state index in [2.05, 4.69) is 29.8 Å². The van der Waals surface area contributed by atoms with E-state index in [0.717, 1.165) is 52.2 Å². The van der Waals surface area contributed by atoms with E-state index in [1.165, 1.54) is 5.56 Å². The number of nitrogens with zero attached hydrogens (tertiary/aromatic N) is 3. The van der Waals surface area contributed by atoms with Crippen LogP contribution in [0, 0.1) is 13.8 Å². The molecule has 0 saturated carbocycles. The van der Waals surface area contributed by atoms with Crippen molar-refractivity contribution in [2.45, 2.75) is 26.8 Å². The van der Waals surface area contributed by atoms with E-state index in [9.17, 15) is 4.79 Å². The average Bonchev–Trinajstić information content (AvgIpc) is 3.38. The number of aryl methyl sites for hydroxylation is 3. The van der Waals surface area contributed by atoms with Crippen LogP contribution in [-0.2, 0) is 11.3 Å². The van der Waals surface area contributed by atoms with Gasteiger partial charge in [-0.2, -0.15) is 0 Å². The minimum absolute atomic E-state index is 0.122. The van der Waals surface area contributed by atoms with Gasteiger partial charge in [0.25, 0.3) is 5.91 Å². The molecule has 1 amide bonds. The molecular weight excluding hydrogens is 494 g/mol.